The summed E-state index contributed by atoms with van der Waals surface area (Å²) in [5.41, 5.74) is 6.29. The fourth-order valence-electron chi connectivity index (χ4n) is 1.59. The number of benzene rings is 1. The van der Waals surface area contributed by atoms with Gasteiger partial charge in [0.2, 0.25) is 5.43 Å². The Morgan fingerprint density at radius 1 is 1.41 bits per heavy atom. The molecule has 1 heterocycles. The van der Waals surface area contributed by atoms with Crippen LogP contribution in [-0.2, 0) is 6.54 Å². The zero-order valence-electron chi connectivity index (χ0n) is 9.35. The van der Waals surface area contributed by atoms with Crippen molar-refractivity contribution >= 4 is 0 Å². The van der Waals surface area contributed by atoms with Crippen LogP contribution in [0.4, 0.5) is 4.39 Å². The topological polar surface area (TPSA) is 60.9 Å². The van der Waals surface area contributed by atoms with Crippen LogP contribution in [0.2, 0.25) is 0 Å². The van der Waals surface area contributed by atoms with Gasteiger partial charge in [-0.15, -0.1) is 0 Å². The summed E-state index contributed by atoms with van der Waals surface area (Å²) in [6, 6.07) is 7.65. The molecule has 0 aliphatic carbocycles. The molecule has 4 nitrogen and oxygen atoms in total. The Bertz CT molecular complexity index is 607. The third kappa shape index (κ3) is 2.09. The molecular formula is C12H12FN3O. The van der Waals surface area contributed by atoms with E-state index >= 15 is 0 Å². The van der Waals surface area contributed by atoms with Gasteiger partial charge < -0.3 is 5.73 Å². The Labute approximate surface area is 97.5 Å². The van der Waals surface area contributed by atoms with E-state index in [1.165, 1.54) is 16.8 Å². The van der Waals surface area contributed by atoms with E-state index in [1.807, 2.05) is 0 Å². The van der Waals surface area contributed by atoms with E-state index in [1.54, 1.807) is 25.1 Å². The normalized spacial score (nSPS) is 10.5. The Hall–Kier alpha value is -2.01. The fraction of sp³-hybridized carbons (Fsp3) is 0.167. The molecule has 0 saturated carbocycles. The molecule has 0 unspecified atom stereocenters. The third-order valence-electron chi connectivity index (χ3n) is 2.45. The van der Waals surface area contributed by atoms with Crippen LogP contribution >= 0.6 is 0 Å². The van der Waals surface area contributed by atoms with Gasteiger partial charge in [0.25, 0.3) is 0 Å². The van der Waals surface area contributed by atoms with Gasteiger partial charge >= 0.3 is 0 Å². The summed E-state index contributed by atoms with van der Waals surface area (Å²) in [5, 5.41) is 4.06. The summed E-state index contributed by atoms with van der Waals surface area (Å²) in [7, 11) is 0. The van der Waals surface area contributed by atoms with E-state index in [9.17, 15) is 9.18 Å². The van der Waals surface area contributed by atoms with Crippen molar-refractivity contribution in [1.82, 2.24) is 9.78 Å². The monoisotopic (exact) mass is 233 g/mol. The molecule has 1 aromatic heterocycles. The molecule has 2 aromatic rings. The third-order valence-corrected chi connectivity index (χ3v) is 2.45. The molecule has 0 atom stereocenters. The van der Waals surface area contributed by atoms with Crippen LogP contribution in [0.15, 0.2) is 35.1 Å². The number of halogens is 1. The van der Waals surface area contributed by atoms with Gasteiger partial charge in [0.1, 0.15) is 17.2 Å². The van der Waals surface area contributed by atoms with Gasteiger partial charge in [0.05, 0.1) is 0 Å². The van der Waals surface area contributed by atoms with Gasteiger partial charge in [-0.3, -0.25) is 4.79 Å². The maximum absolute atomic E-state index is 13.6. The Balaban J connectivity index is 2.68. The highest BCUT2D eigenvalue weighted by atomic mass is 19.1. The standard InChI is InChI=1S/C12H12FN3O/c1-8-6-12(17)10(7-14)15-16(8)11-5-3-2-4-9(11)13/h2-6H,7,14H2,1H3. The maximum atomic E-state index is 13.6. The lowest BCUT2D eigenvalue weighted by Gasteiger charge is -2.11. The summed E-state index contributed by atoms with van der Waals surface area (Å²) < 4.78 is 15.0. The van der Waals surface area contributed by atoms with Crippen LogP contribution in [0.3, 0.4) is 0 Å². The molecule has 0 spiro atoms. The van der Waals surface area contributed by atoms with Crippen molar-refractivity contribution in [2.24, 2.45) is 5.73 Å². The van der Waals surface area contributed by atoms with Crippen molar-refractivity contribution in [3.63, 3.8) is 0 Å². The van der Waals surface area contributed by atoms with E-state index in [0.717, 1.165) is 0 Å². The summed E-state index contributed by atoms with van der Waals surface area (Å²) in [5.74, 6) is -0.394. The lowest BCUT2D eigenvalue weighted by molar-refractivity contribution is 0.602. The molecule has 0 fully saturated rings. The van der Waals surface area contributed by atoms with E-state index in [-0.39, 0.29) is 17.7 Å². The molecule has 88 valence electrons. The average Bonchev–Trinajstić information content (AvgIpc) is 2.31. The summed E-state index contributed by atoms with van der Waals surface area (Å²) in [6.07, 6.45) is 0. The van der Waals surface area contributed by atoms with Crippen LogP contribution < -0.4 is 11.2 Å². The van der Waals surface area contributed by atoms with Crippen molar-refractivity contribution in [1.29, 1.82) is 0 Å². The Kier molecular flexibility index (Phi) is 3.01. The second kappa shape index (κ2) is 4.47. The number of nitrogens with two attached hydrogens (primary N) is 1. The second-order valence-corrected chi connectivity index (χ2v) is 3.66. The van der Waals surface area contributed by atoms with Crippen LogP contribution in [0.25, 0.3) is 5.69 Å². The van der Waals surface area contributed by atoms with Crippen LogP contribution in [-0.4, -0.2) is 9.78 Å². The molecule has 0 saturated heterocycles. The van der Waals surface area contributed by atoms with E-state index in [0.29, 0.717) is 11.4 Å². The smallest absolute Gasteiger partial charge is 0.204 e. The highest BCUT2D eigenvalue weighted by Gasteiger charge is 2.09. The number of nitrogens with zero attached hydrogens (tertiary/aromatic N) is 2. The van der Waals surface area contributed by atoms with E-state index < -0.39 is 5.82 Å². The average molecular weight is 233 g/mol. The quantitative estimate of drug-likeness (QED) is 0.846. The largest absolute Gasteiger partial charge is 0.325 e. The predicted molar refractivity (Wildman–Crippen MR) is 62.4 cm³/mol. The minimum Gasteiger partial charge on any atom is -0.325 e. The second-order valence-electron chi connectivity index (χ2n) is 3.66. The zero-order chi connectivity index (χ0) is 12.4. The molecule has 0 amide bonds. The number of rotatable bonds is 2. The van der Waals surface area contributed by atoms with Crippen LogP contribution in [0.1, 0.15) is 11.4 Å². The number of aryl methyl sites for hydroxylation is 1. The van der Waals surface area contributed by atoms with Crippen molar-refractivity contribution in [2.75, 3.05) is 0 Å². The van der Waals surface area contributed by atoms with Crippen LogP contribution in [0, 0.1) is 12.7 Å². The van der Waals surface area contributed by atoms with Gasteiger partial charge in [-0.05, 0) is 19.1 Å². The number of hydrogen-bond acceptors (Lipinski definition) is 3. The van der Waals surface area contributed by atoms with Crippen molar-refractivity contribution < 1.29 is 4.39 Å². The van der Waals surface area contributed by atoms with Crippen LogP contribution in [0.5, 0.6) is 0 Å². The predicted octanol–water partition coefficient (Wildman–Crippen LogP) is 1.14. The molecule has 2 rings (SSSR count). The number of para-hydroxylation sites is 1. The van der Waals surface area contributed by atoms with Gasteiger partial charge in [0.15, 0.2) is 0 Å². The first-order chi connectivity index (χ1) is 8.13. The molecule has 1 aromatic carbocycles. The van der Waals surface area contributed by atoms with Gasteiger partial charge in [-0.25, -0.2) is 9.07 Å². The first-order valence-corrected chi connectivity index (χ1v) is 5.18. The summed E-state index contributed by atoms with van der Waals surface area (Å²) in [6.45, 7) is 1.73. The van der Waals surface area contributed by atoms with Crippen molar-refractivity contribution in [2.45, 2.75) is 13.5 Å². The number of aromatic nitrogens is 2. The zero-order valence-corrected chi connectivity index (χ0v) is 9.35. The first-order valence-electron chi connectivity index (χ1n) is 5.18. The highest BCUT2D eigenvalue weighted by molar-refractivity contribution is 5.34. The fourth-order valence-corrected chi connectivity index (χ4v) is 1.59. The Morgan fingerprint density at radius 3 is 2.76 bits per heavy atom. The minimum absolute atomic E-state index is 0.0353. The molecule has 0 bridgehead atoms. The summed E-state index contributed by atoms with van der Waals surface area (Å²) in [4.78, 5) is 11.5. The first kappa shape index (κ1) is 11.5. The highest BCUT2D eigenvalue weighted by Crippen LogP contribution is 2.12. The maximum Gasteiger partial charge on any atom is 0.204 e. The molecule has 5 heteroatoms. The molecule has 2 N–H and O–H groups in total. The molecule has 17 heavy (non-hydrogen) atoms. The molecule has 0 radical (unpaired) electrons. The van der Waals surface area contributed by atoms with Crippen molar-refractivity contribution in [3.05, 3.63) is 57.8 Å². The summed E-state index contributed by atoms with van der Waals surface area (Å²) >= 11 is 0. The van der Waals surface area contributed by atoms with Gasteiger partial charge in [-0.1, -0.05) is 12.1 Å². The number of hydrogen-bond donors (Lipinski definition) is 1. The minimum atomic E-state index is -0.394. The molecular weight excluding hydrogens is 221 g/mol. The molecule has 0 aliphatic heterocycles. The molecule has 0 aliphatic rings. The van der Waals surface area contributed by atoms with E-state index in [2.05, 4.69) is 5.10 Å². The Morgan fingerprint density at radius 2 is 2.12 bits per heavy atom. The lowest BCUT2D eigenvalue weighted by Crippen LogP contribution is -2.21. The lowest BCUT2D eigenvalue weighted by atomic mass is 10.2. The van der Waals surface area contributed by atoms with Gasteiger partial charge in [-0.2, -0.15) is 5.10 Å². The van der Waals surface area contributed by atoms with Crippen molar-refractivity contribution in [3.8, 4) is 5.69 Å². The van der Waals surface area contributed by atoms with E-state index in [4.69, 9.17) is 5.73 Å². The van der Waals surface area contributed by atoms with Gasteiger partial charge in [0, 0.05) is 18.3 Å². The SMILES string of the molecule is Cc1cc(=O)c(CN)nn1-c1ccccc1F.